The van der Waals surface area contributed by atoms with E-state index in [2.05, 4.69) is 89.3 Å². The van der Waals surface area contributed by atoms with E-state index in [1.807, 2.05) is 45.3 Å². The van der Waals surface area contributed by atoms with Gasteiger partial charge in [-0.2, -0.15) is 0 Å². The molecule has 5 heterocycles. The minimum absolute atomic E-state index is 0.0290. The second-order valence-electron chi connectivity index (χ2n) is 11.1. The Bertz CT molecular complexity index is 1840. The summed E-state index contributed by atoms with van der Waals surface area (Å²) in [5, 5.41) is 1.48. The quantitative estimate of drug-likeness (QED) is 0.193. The second-order valence-corrected chi connectivity index (χ2v) is 16.8. The Morgan fingerprint density at radius 3 is 2.06 bits per heavy atom. The van der Waals surface area contributed by atoms with Crippen molar-refractivity contribution in [2.24, 2.45) is 0 Å². The molecule has 0 saturated heterocycles. The molecule has 1 aromatic carbocycles. The predicted octanol–water partition coefficient (Wildman–Crippen LogP) is 11.2. The molecule has 5 aromatic heterocycles. The predicted molar refractivity (Wildman–Crippen MR) is 161 cm³/mol. The Balaban J connectivity index is 1.35. The lowest BCUT2D eigenvalue weighted by Gasteiger charge is -2.23. The molecule has 0 radical (unpaired) electrons. The largest absolute Gasteiger partial charge is 0.140 e. The first-order chi connectivity index (χ1) is 16.6. The van der Waals surface area contributed by atoms with Crippen LogP contribution in [0, 0.1) is 13.8 Å². The average molecular weight is 545 g/mol. The second kappa shape index (κ2) is 6.56. The molecule has 2 aliphatic carbocycles. The third-order valence-corrected chi connectivity index (χ3v) is 14.1. The van der Waals surface area contributed by atoms with Crippen LogP contribution in [0.1, 0.15) is 59.7 Å². The van der Waals surface area contributed by atoms with Gasteiger partial charge in [0, 0.05) is 59.1 Å². The van der Waals surface area contributed by atoms with E-state index in [0.29, 0.717) is 0 Å². The minimum atomic E-state index is 0.0290. The van der Waals surface area contributed by atoms with Gasteiger partial charge in [-0.05, 0) is 71.3 Å². The summed E-state index contributed by atoms with van der Waals surface area (Å²) in [6, 6.07) is 14.5. The molecule has 0 spiro atoms. The molecule has 35 heavy (non-hydrogen) atoms. The molecule has 0 unspecified atom stereocenters. The van der Waals surface area contributed by atoms with Crippen molar-refractivity contribution in [2.75, 3.05) is 0 Å². The van der Waals surface area contributed by atoms with Gasteiger partial charge in [-0.1, -0.05) is 39.8 Å². The zero-order chi connectivity index (χ0) is 24.0. The number of hydrogen-bond acceptors (Lipinski definition) is 5. The van der Waals surface area contributed by atoms with Crippen molar-refractivity contribution in [3.8, 4) is 29.9 Å². The summed E-state index contributed by atoms with van der Waals surface area (Å²) >= 11 is 9.89. The van der Waals surface area contributed by atoms with Gasteiger partial charge in [0.1, 0.15) is 0 Å². The van der Waals surface area contributed by atoms with Crippen molar-refractivity contribution >= 4 is 76.2 Å². The van der Waals surface area contributed by atoms with Gasteiger partial charge >= 0.3 is 0 Å². The summed E-state index contributed by atoms with van der Waals surface area (Å²) in [5.41, 5.74) is 7.69. The van der Waals surface area contributed by atoms with E-state index in [0.717, 1.165) is 0 Å². The fourth-order valence-corrected chi connectivity index (χ4v) is 13.1. The summed E-state index contributed by atoms with van der Waals surface area (Å²) in [6.07, 6.45) is 0. The van der Waals surface area contributed by atoms with Crippen molar-refractivity contribution < 1.29 is 0 Å². The molecule has 0 amide bonds. The minimum Gasteiger partial charge on any atom is -0.140 e. The number of aryl methyl sites for hydroxylation is 2. The van der Waals surface area contributed by atoms with Crippen molar-refractivity contribution in [3.05, 3.63) is 68.4 Å². The Morgan fingerprint density at radius 1 is 0.571 bits per heavy atom. The normalized spacial score (nSPS) is 16.7. The summed E-state index contributed by atoms with van der Waals surface area (Å²) < 4.78 is 4.37. The van der Waals surface area contributed by atoms with E-state index in [9.17, 15) is 0 Å². The maximum Gasteiger partial charge on any atom is 0.0499 e. The third kappa shape index (κ3) is 2.56. The molecule has 8 rings (SSSR count). The van der Waals surface area contributed by atoms with E-state index in [4.69, 9.17) is 0 Å². The first kappa shape index (κ1) is 21.3. The molecule has 0 bridgehead atoms. The van der Waals surface area contributed by atoms with Crippen LogP contribution in [0.15, 0.2) is 36.4 Å². The molecular formula is C30H24S5. The number of benzene rings is 1. The van der Waals surface area contributed by atoms with E-state index in [1.165, 1.54) is 70.3 Å². The topological polar surface area (TPSA) is 0 Å². The number of rotatable bonds is 1. The Kier molecular flexibility index (Phi) is 4.00. The lowest BCUT2D eigenvalue weighted by molar-refractivity contribution is 0.664. The number of hydrogen-bond donors (Lipinski definition) is 0. The molecule has 0 atom stereocenters. The molecule has 2 aliphatic rings. The zero-order valence-electron chi connectivity index (χ0n) is 20.5. The first-order valence-electron chi connectivity index (χ1n) is 12.0. The van der Waals surface area contributed by atoms with Crippen molar-refractivity contribution in [3.63, 3.8) is 0 Å². The van der Waals surface area contributed by atoms with E-state index < -0.39 is 0 Å². The lowest BCUT2D eigenvalue weighted by atomic mass is 9.79. The summed E-state index contributed by atoms with van der Waals surface area (Å²) in [6.45, 7) is 14.2. The van der Waals surface area contributed by atoms with E-state index >= 15 is 0 Å². The smallest absolute Gasteiger partial charge is 0.0499 e. The van der Waals surface area contributed by atoms with Crippen LogP contribution < -0.4 is 0 Å². The van der Waals surface area contributed by atoms with Crippen molar-refractivity contribution in [1.82, 2.24) is 0 Å². The van der Waals surface area contributed by atoms with E-state index in [-0.39, 0.29) is 10.8 Å². The van der Waals surface area contributed by atoms with Crippen LogP contribution >= 0.6 is 56.7 Å². The van der Waals surface area contributed by atoms with Gasteiger partial charge in [0.15, 0.2) is 0 Å². The Morgan fingerprint density at radius 2 is 1.26 bits per heavy atom. The molecule has 0 aliphatic heterocycles. The maximum atomic E-state index is 2.50. The first-order valence-corrected chi connectivity index (χ1v) is 16.1. The molecule has 174 valence electrons. The average Bonchev–Trinajstić information content (AvgIpc) is 3.58. The SMILES string of the molecule is Cc1cc2c(s1)-c1ccc3c4c(sc3c1C2(C)C)-c1sc(-c2cc3sc(C)cc3s2)cc1C4(C)C. The highest BCUT2D eigenvalue weighted by atomic mass is 32.1. The molecule has 0 saturated carbocycles. The van der Waals surface area contributed by atoms with Gasteiger partial charge < -0.3 is 0 Å². The van der Waals surface area contributed by atoms with Crippen LogP contribution in [0.3, 0.4) is 0 Å². The van der Waals surface area contributed by atoms with E-state index in [1.54, 1.807) is 11.1 Å². The third-order valence-electron chi connectivity index (χ3n) is 8.07. The highest BCUT2D eigenvalue weighted by Crippen LogP contribution is 2.63. The fraction of sp³-hybridized carbons (Fsp3) is 0.267. The van der Waals surface area contributed by atoms with Gasteiger partial charge in [0.05, 0.1) is 0 Å². The zero-order valence-corrected chi connectivity index (χ0v) is 24.6. The molecule has 0 fully saturated rings. The summed E-state index contributed by atoms with van der Waals surface area (Å²) in [5.74, 6) is 0. The Labute approximate surface area is 225 Å². The van der Waals surface area contributed by atoms with Crippen molar-refractivity contribution in [2.45, 2.75) is 52.4 Å². The molecule has 0 N–H and O–H groups in total. The fourth-order valence-electron chi connectivity index (χ4n) is 6.42. The number of fused-ring (bicyclic) bond motifs is 10. The van der Waals surface area contributed by atoms with Crippen LogP contribution in [0.25, 0.3) is 49.4 Å². The molecule has 5 heteroatoms. The van der Waals surface area contributed by atoms with Gasteiger partial charge in [-0.3, -0.25) is 0 Å². The van der Waals surface area contributed by atoms with Gasteiger partial charge in [0.2, 0.25) is 0 Å². The van der Waals surface area contributed by atoms with Crippen molar-refractivity contribution in [1.29, 1.82) is 0 Å². The Hall–Kier alpha value is -1.76. The molecule has 6 aromatic rings. The highest BCUT2D eigenvalue weighted by molar-refractivity contribution is 7.32. The van der Waals surface area contributed by atoms with Gasteiger partial charge in [-0.25, -0.2) is 0 Å². The molecular weight excluding hydrogens is 521 g/mol. The van der Waals surface area contributed by atoms with Gasteiger partial charge in [-0.15, -0.1) is 56.7 Å². The highest BCUT2D eigenvalue weighted by Gasteiger charge is 2.44. The van der Waals surface area contributed by atoms with Crippen LogP contribution in [-0.2, 0) is 10.8 Å². The standard InChI is InChI=1S/C30H24S5/c1-13-9-17-25(32-13)15-7-8-16-24-28(35-26(16)23(15)29(17,3)4)27-18(30(24,5)6)11-20(34-27)22-12-21-19(33-22)10-14(2)31-21/h7-12H,1-6H3. The van der Waals surface area contributed by atoms with Crippen LogP contribution in [-0.4, -0.2) is 0 Å². The van der Waals surface area contributed by atoms with Crippen LogP contribution in [0.4, 0.5) is 0 Å². The monoisotopic (exact) mass is 544 g/mol. The molecule has 0 nitrogen and oxygen atoms in total. The lowest BCUT2D eigenvalue weighted by Crippen LogP contribution is -2.16. The van der Waals surface area contributed by atoms with Crippen LogP contribution in [0.5, 0.6) is 0 Å². The maximum absolute atomic E-state index is 2.50. The summed E-state index contributed by atoms with van der Waals surface area (Å²) in [4.78, 5) is 10.2. The van der Waals surface area contributed by atoms with Gasteiger partial charge in [0.25, 0.3) is 0 Å². The number of thiophene rings is 5. The van der Waals surface area contributed by atoms with Crippen LogP contribution in [0.2, 0.25) is 0 Å². The summed E-state index contributed by atoms with van der Waals surface area (Å²) in [7, 11) is 0.